The van der Waals surface area contributed by atoms with E-state index in [1.54, 1.807) is 35.4 Å². The first-order valence-electron chi connectivity index (χ1n) is 11.5. The van der Waals surface area contributed by atoms with Gasteiger partial charge in [0, 0.05) is 29.0 Å². The summed E-state index contributed by atoms with van der Waals surface area (Å²) < 4.78 is 29.6. The maximum atomic E-state index is 13.2. The van der Waals surface area contributed by atoms with Gasteiger partial charge in [0.2, 0.25) is 11.8 Å². The molecule has 0 bridgehead atoms. The van der Waals surface area contributed by atoms with E-state index in [4.69, 9.17) is 11.6 Å². The zero-order valence-electron chi connectivity index (χ0n) is 18.9. The van der Waals surface area contributed by atoms with Crippen molar-refractivity contribution in [2.24, 2.45) is 0 Å². The van der Waals surface area contributed by atoms with Crippen LogP contribution >= 0.6 is 22.9 Å². The Morgan fingerprint density at radius 1 is 1.14 bits per heavy atom. The van der Waals surface area contributed by atoms with Gasteiger partial charge in [-0.3, -0.25) is 14.6 Å². The molecule has 1 unspecified atom stereocenters. The molecule has 11 heteroatoms. The highest BCUT2D eigenvalue weighted by molar-refractivity contribution is 7.91. The first-order chi connectivity index (χ1) is 16.8. The van der Waals surface area contributed by atoms with Crippen LogP contribution < -0.4 is 4.72 Å². The largest absolute Gasteiger partial charge is 0.333 e. The highest BCUT2D eigenvalue weighted by atomic mass is 35.5. The molecular weight excluding hydrogens is 508 g/mol. The lowest BCUT2D eigenvalue weighted by Gasteiger charge is -2.34. The molecule has 2 fully saturated rings. The molecule has 2 aromatic heterocycles. The molecule has 35 heavy (non-hydrogen) atoms. The van der Waals surface area contributed by atoms with Gasteiger partial charge in [0.25, 0.3) is 10.0 Å². The summed E-state index contributed by atoms with van der Waals surface area (Å²) >= 11 is 7.13. The number of amides is 2. The highest BCUT2D eigenvalue weighted by Gasteiger charge is 2.36. The van der Waals surface area contributed by atoms with Gasteiger partial charge in [-0.1, -0.05) is 23.7 Å². The number of carbonyl (C=O) groups is 2. The highest BCUT2D eigenvalue weighted by Crippen LogP contribution is 2.32. The molecule has 1 aromatic carbocycles. The fourth-order valence-electron chi connectivity index (χ4n) is 4.76. The number of thiophene rings is 1. The summed E-state index contributed by atoms with van der Waals surface area (Å²) in [6.07, 6.45) is 4.42. The number of nitrogens with one attached hydrogen (secondary N) is 1. The number of fused-ring (bicyclic) bond motifs is 1. The van der Waals surface area contributed by atoms with E-state index < -0.39 is 16.1 Å². The van der Waals surface area contributed by atoms with Gasteiger partial charge in [0.1, 0.15) is 10.3 Å². The Morgan fingerprint density at radius 3 is 2.77 bits per heavy atom. The molecule has 2 saturated heterocycles. The molecule has 0 spiro atoms. The van der Waals surface area contributed by atoms with Crippen molar-refractivity contribution in [2.45, 2.75) is 42.0 Å². The van der Waals surface area contributed by atoms with Crippen molar-refractivity contribution in [2.75, 3.05) is 19.6 Å². The van der Waals surface area contributed by atoms with Gasteiger partial charge in [0.05, 0.1) is 18.3 Å². The number of nitrogens with zero attached hydrogens (tertiary/aromatic N) is 3. The normalized spacial score (nSPS) is 21.1. The quantitative estimate of drug-likeness (QED) is 0.523. The number of pyridine rings is 1. The Hall–Kier alpha value is -2.53. The number of likely N-dealkylation sites (tertiary alicyclic amines) is 2. The second-order valence-electron chi connectivity index (χ2n) is 8.82. The maximum absolute atomic E-state index is 13.2. The molecule has 2 amide bonds. The third-order valence-electron chi connectivity index (χ3n) is 6.48. The first-order valence-corrected chi connectivity index (χ1v) is 14.2. The van der Waals surface area contributed by atoms with Crippen molar-refractivity contribution in [1.29, 1.82) is 0 Å². The number of carbonyl (C=O) groups excluding carboxylic acids is 2. The van der Waals surface area contributed by atoms with E-state index in [0.29, 0.717) is 31.0 Å². The summed E-state index contributed by atoms with van der Waals surface area (Å²) in [7, 11) is -3.91. The Bertz CT molecular complexity index is 1360. The number of sulfonamides is 1. The van der Waals surface area contributed by atoms with Gasteiger partial charge in [-0.2, -0.15) is 4.72 Å². The lowest BCUT2D eigenvalue weighted by Crippen LogP contribution is -2.54. The molecule has 8 nitrogen and oxygen atoms in total. The second kappa shape index (κ2) is 9.85. The standard InChI is InChI=1S/C24H25ClN4O4S2/c25-17-9-8-16-13-23(34-21(16)14-17)35(32,33)27-19-6-3-11-28(24(19)31)15-22(30)29-12-4-7-20(29)18-5-1-2-10-26-18/h1-2,5,8-10,13-14,19-20,27H,3-4,6-7,11-12,15H2/t19-,20?/m0/s1. The summed E-state index contributed by atoms with van der Waals surface area (Å²) in [5.74, 6) is -0.512. The topological polar surface area (TPSA) is 99.7 Å². The molecule has 3 aromatic rings. The SMILES string of the molecule is O=C1[C@@H](NS(=O)(=O)c2cc3ccc(Cl)cc3s2)CCCN1CC(=O)N1CCCC1c1ccccn1. The zero-order valence-corrected chi connectivity index (χ0v) is 21.3. The van der Waals surface area contributed by atoms with Crippen LogP contribution in [0.25, 0.3) is 10.1 Å². The lowest BCUT2D eigenvalue weighted by molar-refractivity contribution is -0.143. The van der Waals surface area contributed by atoms with Crippen molar-refractivity contribution in [3.05, 3.63) is 59.4 Å². The minimum atomic E-state index is -3.91. The van der Waals surface area contributed by atoms with Gasteiger partial charge in [-0.15, -0.1) is 11.3 Å². The fraction of sp³-hybridized carbons (Fsp3) is 0.375. The van der Waals surface area contributed by atoms with E-state index in [9.17, 15) is 18.0 Å². The van der Waals surface area contributed by atoms with Crippen LogP contribution in [0, 0.1) is 0 Å². The van der Waals surface area contributed by atoms with Gasteiger partial charge in [-0.25, -0.2) is 8.42 Å². The van der Waals surface area contributed by atoms with Crippen LogP contribution in [0.3, 0.4) is 0 Å². The van der Waals surface area contributed by atoms with Crippen molar-refractivity contribution in [1.82, 2.24) is 19.5 Å². The molecule has 4 heterocycles. The van der Waals surface area contributed by atoms with Crippen molar-refractivity contribution in [3.8, 4) is 0 Å². The molecule has 2 atom stereocenters. The summed E-state index contributed by atoms with van der Waals surface area (Å²) in [6.45, 7) is 0.974. The van der Waals surface area contributed by atoms with Gasteiger partial charge >= 0.3 is 0 Å². The summed E-state index contributed by atoms with van der Waals surface area (Å²) in [4.78, 5) is 33.9. The molecule has 2 aliphatic heterocycles. The minimum Gasteiger partial charge on any atom is -0.333 e. The molecule has 2 aliphatic rings. The van der Waals surface area contributed by atoms with Gasteiger partial charge < -0.3 is 9.80 Å². The smallest absolute Gasteiger partial charge is 0.250 e. The van der Waals surface area contributed by atoms with Crippen LogP contribution in [0.5, 0.6) is 0 Å². The third-order valence-corrected chi connectivity index (χ3v) is 9.76. The predicted octanol–water partition coefficient (Wildman–Crippen LogP) is 3.58. The lowest BCUT2D eigenvalue weighted by atomic mass is 10.1. The Labute approximate surface area is 212 Å². The number of halogens is 1. The third kappa shape index (κ3) is 5.06. The Kier molecular flexibility index (Phi) is 6.80. The van der Waals surface area contributed by atoms with Crippen molar-refractivity contribution >= 4 is 54.9 Å². The molecule has 0 aliphatic carbocycles. The fourth-order valence-corrected chi connectivity index (χ4v) is 7.68. The summed E-state index contributed by atoms with van der Waals surface area (Å²) in [6, 6.07) is 11.4. The minimum absolute atomic E-state index is 0.0677. The van der Waals surface area contributed by atoms with E-state index in [1.165, 1.54) is 4.90 Å². The number of hydrogen-bond acceptors (Lipinski definition) is 6. The second-order valence-corrected chi connectivity index (χ2v) is 12.3. The van der Waals surface area contributed by atoms with E-state index in [-0.39, 0.29) is 28.6 Å². The van der Waals surface area contributed by atoms with Crippen LogP contribution in [0.15, 0.2) is 52.9 Å². The number of piperidine rings is 1. The number of benzene rings is 1. The average Bonchev–Trinajstić information content (AvgIpc) is 3.50. The Balaban J connectivity index is 1.27. The van der Waals surface area contributed by atoms with Crippen molar-refractivity contribution < 1.29 is 18.0 Å². The average molecular weight is 533 g/mol. The van der Waals surface area contributed by atoms with Crippen LogP contribution in [0.4, 0.5) is 0 Å². The summed E-state index contributed by atoms with van der Waals surface area (Å²) in [5, 5.41) is 1.30. The molecular formula is C24H25ClN4O4S2. The Morgan fingerprint density at radius 2 is 1.97 bits per heavy atom. The van der Waals surface area contributed by atoms with E-state index in [1.807, 2.05) is 18.2 Å². The zero-order chi connectivity index (χ0) is 24.6. The van der Waals surface area contributed by atoms with Crippen LogP contribution in [-0.2, 0) is 19.6 Å². The molecule has 0 saturated carbocycles. The van der Waals surface area contributed by atoms with Crippen LogP contribution in [0.2, 0.25) is 5.02 Å². The summed E-state index contributed by atoms with van der Waals surface area (Å²) in [5.41, 5.74) is 0.846. The van der Waals surface area contributed by atoms with Crippen LogP contribution in [-0.4, -0.2) is 60.7 Å². The van der Waals surface area contributed by atoms with E-state index in [2.05, 4.69) is 9.71 Å². The predicted molar refractivity (Wildman–Crippen MR) is 135 cm³/mol. The molecule has 0 radical (unpaired) electrons. The number of aromatic nitrogens is 1. The number of rotatable bonds is 6. The molecule has 5 rings (SSSR count). The van der Waals surface area contributed by atoms with Gasteiger partial charge in [0.15, 0.2) is 0 Å². The molecule has 1 N–H and O–H groups in total. The van der Waals surface area contributed by atoms with E-state index >= 15 is 0 Å². The first kappa shape index (κ1) is 24.2. The monoisotopic (exact) mass is 532 g/mol. The van der Waals surface area contributed by atoms with Crippen molar-refractivity contribution in [3.63, 3.8) is 0 Å². The van der Waals surface area contributed by atoms with E-state index in [0.717, 1.165) is 40.0 Å². The number of hydrogen-bond donors (Lipinski definition) is 1. The maximum Gasteiger partial charge on any atom is 0.250 e. The van der Waals surface area contributed by atoms with Crippen LogP contribution in [0.1, 0.15) is 37.4 Å². The molecule has 184 valence electrons. The van der Waals surface area contributed by atoms with Gasteiger partial charge in [-0.05, 0) is 61.4 Å².